The minimum atomic E-state index is -0.838. The second kappa shape index (κ2) is 4.71. The number of nitrogens with zero attached hydrogens (tertiary/aromatic N) is 2. The number of hydrogen-bond donors (Lipinski definition) is 1. The van der Waals surface area contributed by atoms with Gasteiger partial charge in [-0.05, 0) is 24.6 Å². The molecule has 0 radical (unpaired) electrons. The summed E-state index contributed by atoms with van der Waals surface area (Å²) in [6, 6.07) is 9.44. The first-order chi connectivity index (χ1) is 8.20. The summed E-state index contributed by atoms with van der Waals surface area (Å²) < 4.78 is 0. The number of rotatable bonds is 2. The molecule has 0 unspecified atom stereocenters. The smallest absolute Gasteiger partial charge is 0.331 e. The van der Waals surface area contributed by atoms with Crippen LogP contribution in [-0.4, -0.2) is 24.2 Å². The predicted octanol–water partition coefficient (Wildman–Crippen LogP) is 1.78. The van der Waals surface area contributed by atoms with Crippen molar-refractivity contribution in [2.75, 3.05) is 18.0 Å². The molecule has 0 aromatic heterocycles. The summed E-state index contributed by atoms with van der Waals surface area (Å²) >= 11 is 0. The maximum atomic E-state index is 10.8. The van der Waals surface area contributed by atoms with E-state index in [-0.39, 0.29) is 0 Å². The molecule has 1 aromatic carbocycles. The highest BCUT2D eigenvalue weighted by atomic mass is 16.4. The fraction of sp³-hybridized carbons (Fsp3) is 0.231. The number of nitriles is 1. The highest BCUT2D eigenvalue weighted by molar-refractivity contribution is 5.87. The van der Waals surface area contributed by atoms with Crippen molar-refractivity contribution in [3.63, 3.8) is 0 Å². The van der Waals surface area contributed by atoms with Crippen molar-refractivity contribution in [2.24, 2.45) is 0 Å². The minimum Gasteiger partial charge on any atom is -0.478 e. The molecule has 86 valence electrons. The zero-order chi connectivity index (χ0) is 12.3. The summed E-state index contributed by atoms with van der Waals surface area (Å²) in [6.45, 7) is 1.25. The first-order valence-electron chi connectivity index (χ1n) is 5.38. The summed E-state index contributed by atoms with van der Waals surface area (Å²) in [7, 11) is 0. The van der Waals surface area contributed by atoms with Crippen molar-refractivity contribution in [1.82, 2.24) is 0 Å². The normalized spacial score (nSPS) is 15.0. The van der Waals surface area contributed by atoms with Gasteiger partial charge in [-0.3, -0.25) is 0 Å². The Bertz CT molecular complexity index is 514. The number of hydrogen-bond acceptors (Lipinski definition) is 3. The van der Waals surface area contributed by atoms with E-state index in [2.05, 4.69) is 11.0 Å². The number of aliphatic carboxylic acids is 1. The SMILES string of the molecule is N#Cc1cccc(N2CC=C(C(=O)O)CC2)c1. The third-order valence-electron chi connectivity index (χ3n) is 2.82. The van der Waals surface area contributed by atoms with Crippen LogP contribution in [0.1, 0.15) is 12.0 Å². The van der Waals surface area contributed by atoms with Gasteiger partial charge in [-0.2, -0.15) is 5.26 Å². The van der Waals surface area contributed by atoms with Crippen LogP contribution >= 0.6 is 0 Å². The van der Waals surface area contributed by atoms with Crippen LogP contribution in [0, 0.1) is 11.3 Å². The fourth-order valence-electron chi connectivity index (χ4n) is 1.87. The molecular weight excluding hydrogens is 216 g/mol. The van der Waals surface area contributed by atoms with Gasteiger partial charge in [0.15, 0.2) is 0 Å². The average molecular weight is 228 g/mol. The molecule has 0 spiro atoms. The lowest BCUT2D eigenvalue weighted by Crippen LogP contribution is -2.30. The average Bonchev–Trinajstić information content (AvgIpc) is 2.39. The first-order valence-corrected chi connectivity index (χ1v) is 5.38. The van der Waals surface area contributed by atoms with Crippen LogP contribution < -0.4 is 4.90 Å². The van der Waals surface area contributed by atoms with Crippen molar-refractivity contribution >= 4 is 11.7 Å². The summed E-state index contributed by atoms with van der Waals surface area (Å²) in [5.41, 5.74) is 2.05. The van der Waals surface area contributed by atoms with Gasteiger partial charge in [-0.15, -0.1) is 0 Å². The Morgan fingerprint density at radius 3 is 2.88 bits per heavy atom. The van der Waals surface area contributed by atoms with Gasteiger partial charge in [0.05, 0.1) is 11.6 Å². The van der Waals surface area contributed by atoms with Crippen LogP contribution in [0.15, 0.2) is 35.9 Å². The standard InChI is InChI=1S/C13H12N2O2/c14-9-10-2-1-3-12(8-10)15-6-4-11(5-7-15)13(16)17/h1-4,8H,5-7H2,(H,16,17). The van der Waals surface area contributed by atoms with Crippen LogP contribution in [0.3, 0.4) is 0 Å². The predicted molar refractivity (Wildman–Crippen MR) is 63.7 cm³/mol. The Labute approximate surface area is 99.4 Å². The molecule has 0 amide bonds. The summed E-state index contributed by atoms with van der Waals surface area (Å²) in [5.74, 6) is -0.838. The molecule has 4 nitrogen and oxygen atoms in total. The van der Waals surface area contributed by atoms with E-state index in [0.29, 0.717) is 30.6 Å². The topological polar surface area (TPSA) is 64.3 Å². The van der Waals surface area contributed by atoms with Crippen LogP contribution in [0.2, 0.25) is 0 Å². The zero-order valence-electron chi connectivity index (χ0n) is 9.26. The molecule has 17 heavy (non-hydrogen) atoms. The highest BCUT2D eigenvalue weighted by Crippen LogP contribution is 2.20. The second-order valence-electron chi connectivity index (χ2n) is 3.89. The molecule has 0 bridgehead atoms. The molecule has 1 aliphatic rings. The Balaban J connectivity index is 2.16. The Morgan fingerprint density at radius 2 is 2.29 bits per heavy atom. The van der Waals surface area contributed by atoms with Gasteiger partial charge in [0.2, 0.25) is 0 Å². The molecule has 0 saturated carbocycles. The monoisotopic (exact) mass is 228 g/mol. The van der Waals surface area contributed by atoms with Crippen molar-refractivity contribution in [3.8, 4) is 6.07 Å². The van der Waals surface area contributed by atoms with Crippen molar-refractivity contribution in [1.29, 1.82) is 5.26 Å². The highest BCUT2D eigenvalue weighted by Gasteiger charge is 2.16. The largest absolute Gasteiger partial charge is 0.478 e. The molecule has 1 heterocycles. The van der Waals surface area contributed by atoms with Crippen molar-refractivity contribution in [2.45, 2.75) is 6.42 Å². The van der Waals surface area contributed by atoms with E-state index in [1.165, 1.54) is 0 Å². The van der Waals surface area contributed by atoms with Gasteiger partial charge in [0.25, 0.3) is 0 Å². The lowest BCUT2D eigenvalue weighted by molar-refractivity contribution is -0.132. The number of carboxylic acids is 1. The minimum absolute atomic E-state index is 0.470. The van der Waals surface area contributed by atoms with Crippen LogP contribution in [0.5, 0.6) is 0 Å². The number of anilines is 1. The van der Waals surface area contributed by atoms with E-state index >= 15 is 0 Å². The number of carboxylic acid groups (broad SMARTS) is 1. The Kier molecular flexibility index (Phi) is 3.10. The summed E-state index contributed by atoms with van der Waals surface area (Å²) in [6.07, 6.45) is 2.26. The molecule has 4 heteroatoms. The molecular formula is C13H12N2O2. The molecule has 0 fully saturated rings. The molecule has 0 saturated heterocycles. The van der Waals surface area contributed by atoms with Gasteiger partial charge in [0.1, 0.15) is 0 Å². The van der Waals surface area contributed by atoms with Gasteiger partial charge < -0.3 is 10.0 Å². The van der Waals surface area contributed by atoms with Crippen LogP contribution in [0.4, 0.5) is 5.69 Å². The van der Waals surface area contributed by atoms with Crippen molar-refractivity contribution in [3.05, 3.63) is 41.5 Å². The van der Waals surface area contributed by atoms with E-state index in [1.807, 2.05) is 18.2 Å². The third kappa shape index (κ3) is 2.45. The van der Waals surface area contributed by atoms with E-state index in [0.717, 1.165) is 5.69 Å². The maximum Gasteiger partial charge on any atom is 0.331 e. The van der Waals surface area contributed by atoms with E-state index < -0.39 is 5.97 Å². The van der Waals surface area contributed by atoms with Gasteiger partial charge >= 0.3 is 5.97 Å². The summed E-state index contributed by atoms with van der Waals surface area (Å²) in [4.78, 5) is 12.8. The Morgan fingerprint density at radius 1 is 1.47 bits per heavy atom. The maximum absolute atomic E-state index is 10.8. The molecule has 1 N–H and O–H groups in total. The fourth-order valence-corrected chi connectivity index (χ4v) is 1.87. The second-order valence-corrected chi connectivity index (χ2v) is 3.89. The van der Waals surface area contributed by atoms with Crippen molar-refractivity contribution < 1.29 is 9.90 Å². The summed E-state index contributed by atoms with van der Waals surface area (Å²) in [5, 5.41) is 17.7. The first kappa shape index (κ1) is 11.2. The molecule has 2 rings (SSSR count). The van der Waals surface area contributed by atoms with E-state index in [1.54, 1.807) is 12.1 Å². The molecule has 0 aliphatic carbocycles. The molecule has 1 aromatic rings. The zero-order valence-corrected chi connectivity index (χ0v) is 9.26. The van der Waals surface area contributed by atoms with Gasteiger partial charge in [-0.25, -0.2) is 4.79 Å². The van der Waals surface area contributed by atoms with Gasteiger partial charge in [-0.1, -0.05) is 12.1 Å². The van der Waals surface area contributed by atoms with Gasteiger partial charge in [0, 0.05) is 24.4 Å². The van der Waals surface area contributed by atoms with E-state index in [9.17, 15) is 4.79 Å². The third-order valence-corrected chi connectivity index (χ3v) is 2.82. The molecule has 1 aliphatic heterocycles. The van der Waals surface area contributed by atoms with Crippen LogP contribution in [-0.2, 0) is 4.79 Å². The lowest BCUT2D eigenvalue weighted by Gasteiger charge is -2.27. The number of carbonyl (C=O) groups is 1. The van der Waals surface area contributed by atoms with Crippen LogP contribution in [0.25, 0.3) is 0 Å². The quantitative estimate of drug-likeness (QED) is 0.838. The lowest BCUT2D eigenvalue weighted by atomic mass is 10.1. The Hall–Kier alpha value is -2.28. The number of benzene rings is 1. The molecule has 0 atom stereocenters. The van der Waals surface area contributed by atoms with E-state index in [4.69, 9.17) is 10.4 Å².